The molecule has 3 aromatic rings. The molecule has 2 spiro atoms. The van der Waals surface area contributed by atoms with Crippen molar-refractivity contribution in [3.8, 4) is 17.7 Å². The fraction of sp³-hybridized carbons (Fsp3) is 0.627. The Bertz CT molecular complexity index is 2370. The van der Waals surface area contributed by atoms with E-state index in [0.717, 1.165) is 131 Å². The number of hydrogen-bond acceptors (Lipinski definition) is 14. The van der Waals surface area contributed by atoms with E-state index in [4.69, 9.17) is 30.1 Å². The van der Waals surface area contributed by atoms with E-state index in [0.29, 0.717) is 44.7 Å². The number of likely N-dealkylation sites (tertiary alicyclic amines) is 2. The number of aliphatic hydroxyl groups is 3. The van der Waals surface area contributed by atoms with Crippen molar-refractivity contribution in [2.45, 2.75) is 187 Å². The molecule has 3 aromatic carbocycles. The van der Waals surface area contributed by atoms with Gasteiger partial charge in [-0.15, -0.1) is 0 Å². The van der Waals surface area contributed by atoms with Crippen molar-refractivity contribution in [3.63, 3.8) is 0 Å². The normalized spacial score (nSPS) is 27.1. The van der Waals surface area contributed by atoms with Gasteiger partial charge in [-0.1, -0.05) is 67.9 Å². The molecule has 0 radical (unpaired) electrons. The molecule has 7 fully saturated rings. The zero-order valence-corrected chi connectivity index (χ0v) is 53.4. The van der Waals surface area contributed by atoms with E-state index in [9.17, 15) is 29.1 Å². The maximum atomic E-state index is 12.5. The second kappa shape index (κ2) is 37.2. The van der Waals surface area contributed by atoms with Gasteiger partial charge in [0.2, 0.25) is 11.8 Å². The Labute approximate surface area is 522 Å². The molecule has 2 amide bonds. The number of carboxylic acids is 1. The molecule has 2 saturated heterocycles. The number of aliphatic hydroxyl groups excluding tert-OH is 3. The van der Waals surface area contributed by atoms with Gasteiger partial charge in [0, 0.05) is 54.6 Å². The topological polar surface area (TPSA) is 245 Å². The Kier molecular flexibility index (Phi) is 32.3. The molecule has 10 rings (SSSR count). The van der Waals surface area contributed by atoms with Crippen molar-refractivity contribution in [1.29, 1.82) is 5.26 Å². The molecule has 0 bridgehead atoms. The minimum atomic E-state index is -0.716. The van der Waals surface area contributed by atoms with Crippen LogP contribution in [-0.4, -0.2) is 120 Å². The maximum Gasteiger partial charge on any atom is 0.308 e. The summed E-state index contributed by atoms with van der Waals surface area (Å²) in [5.41, 5.74) is 4.52. The predicted octanol–water partition coefficient (Wildman–Crippen LogP) is 10.8. The average Bonchev–Trinajstić information content (AvgIpc) is 0.845. The van der Waals surface area contributed by atoms with E-state index in [-0.39, 0.29) is 94.0 Å². The van der Waals surface area contributed by atoms with Crippen molar-refractivity contribution in [2.24, 2.45) is 40.4 Å². The van der Waals surface area contributed by atoms with Crippen LogP contribution in [0.25, 0.3) is 0 Å². The summed E-state index contributed by atoms with van der Waals surface area (Å²) < 4.78 is 19.6. The zero-order chi connectivity index (χ0) is 60.5. The molecule has 0 unspecified atom stereocenters. The first-order valence-corrected chi connectivity index (χ1v) is 30.2. The van der Waals surface area contributed by atoms with Crippen LogP contribution < -0.4 is 14.8 Å². The number of nitrogens with zero attached hydrogens (tertiary/aromatic N) is 3. The molecule has 2 heterocycles. The molecule has 0 atom stereocenters. The largest absolute Gasteiger partial charge is 0.497 e. The van der Waals surface area contributed by atoms with Gasteiger partial charge in [0.15, 0.2) is 6.19 Å². The van der Waals surface area contributed by atoms with Crippen LogP contribution in [0.1, 0.15) is 166 Å². The third-order valence-electron chi connectivity index (χ3n) is 18.0. The smallest absolute Gasteiger partial charge is 0.308 e. The molecule has 2 aliphatic heterocycles. The molecule has 85 heavy (non-hydrogen) atoms. The number of β-lactam (4-membered cyclic amide) rings is 2. The minimum Gasteiger partial charge on any atom is -0.497 e. The summed E-state index contributed by atoms with van der Waals surface area (Å²) in [6.07, 6.45) is 19.0. The van der Waals surface area contributed by atoms with Crippen molar-refractivity contribution < 1.29 is 85.2 Å². The fourth-order valence-corrected chi connectivity index (χ4v) is 12.2. The summed E-state index contributed by atoms with van der Waals surface area (Å²) in [5, 5.41) is 47.1. The number of methoxy groups -OCH3 is 4. The van der Waals surface area contributed by atoms with E-state index < -0.39 is 5.97 Å². The van der Waals surface area contributed by atoms with E-state index in [1.807, 2.05) is 95.7 Å². The Balaban J connectivity index is 0.000000359. The van der Waals surface area contributed by atoms with Crippen molar-refractivity contribution in [1.82, 2.24) is 15.1 Å². The number of carboxylic acid groups (broad SMARTS) is 1. The van der Waals surface area contributed by atoms with E-state index in [1.54, 1.807) is 14.2 Å². The van der Waals surface area contributed by atoms with Crippen molar-refractivity contribution in [3.05, 3.63) is 102 Å². The number of ether oxygens (including phenoxy) is 4. The van der Waals surface area contributed by atoms with Gasteiger partial charge in [-0.05, 0) is 188 Å². The Hall–Kier alpha value is -5.56. The van der Waals surface area contributed by atoms with Crippen LogP contribution in [0.15, 0.2) is 72.8 Å². The average molecular weight is 1280 g/mol. The number of esters is 2. The molecule has 18 heteroatoms. The van der Waals surface area contributed by atoms with Gasteiger partial charge in [-0.3, -0.25) is 24.0 Å². The van der Waals surface area contributed by atoms with Gasteiger partial charge in [0.25, 0.3) is 0 Å². The van der Waals surface area contributed by atoms with Crippen molar-refractivity contribution in [2.75, 3.05) is 41.5 Å². The number of aliphatic carboxylic acids is 1. The number of carbonyl (C=O) groups is 5. The van der Waals surface area contributed by atoms with Crippen LogP contribution in [0, 0.1) is 66.2 Å². The molecule has 0 aromatic heterocycles. The summed E-state index contributed by atoms with van der Waals surface area (Å²) in [6, 6.07) is 23.9. The number of carbonyl (C=O) groups excluding carboxylic acids is 4. The summed E-state index contributed by atoms with van der Waals surface area (Å²) in [4.78, 5) is 61.2. The van der Waals surface area contributed by atoms with E-state index in [1.165, 1.54) is 51.0 Å². The van der Waals surface area contributed by atoms with Crippen LogP contribution in [0.3, 0.4) is 0 Å². The van der Waals surface area contributed by atoms with Crippen molar-refractivity contribution >= 4 is 29.7 Å². The predicted molar refractivity (Wildman–Crippen MR) is 325 cm³/mol. The van der Waals surface area contributed by atoms with E-state index in [2.05, 4.69) is 28.6 Å². The minimum absolute atomic E-state index is 0. The first-order chi connectivity index (χ1) is 39.8. The van der Waals surface area contributed by atoms with Crippen LogP contribution in [0.5, 0.6) is 11.5 Å². The molecule has 478 valence electrons. The van der Waals surface area contributed by atoms with Gasteiger partial charge < -0.3 is 61.9 Å². The van der Waals surface area contributed by atoms with Gasteiger partial charge in [0.05, 0.1) is 75.3 Å². The summed E-state index contributed by atoms with van der Waals surface area (Å²) in [7, 11) is 6.20. The quantitative estimate of drug-likeness (QED) is 0.0299. The number of benzene rings is 3. The van der Waals surface area contributed by atoms with Gasteiger partial charge >= 0.3 is 17.9 Å². The fourth-order valence-electron chi connectivity index (χ4n) is 12.2. The Morgan fingerprint density at radius 2 is 0.894 bits per heavy atom. The number of nitrogens with one attached hydrogen (secondary N) is 1. The summed E-state index contributed by atoms with van der Waals surface area (Å²) in [6.45, 7) is 10.4. The summed E-state index contributed by atoms with van der Waals surface area (Å²) in [5.74, 6) is 3.09. The standard InChI is InChI=1S/C17H23NO2.C16H21NO3.C9H10N2.C9H16O2.C8H14O3.C7H12O3.CH3.Pd.H2/c1-13-7-9-17(10-8-13)12-18(16(17)19)11-14-3-5-15(20-2)6-4-14;1-20-14-4-2-12(3-5-14)10-17-11-16(15(17)19)8-6-13(18)7-9-16;1-8-2-4-9(5-3-8)6-11-7-10;1-7-3-5-8(6-4-7)9(10)11-2;1-11-8(10)6-2-4-7(9)5-3-6;8-6-3-1-5(2-4-6)7(9)10;;;/h3-6,13H,7-12H2,1-2H3;2-5,13,18H,6-11H2,1H3;2-5,11H,6H2,1H3;7-8H,3-6H2,1-2H3;6-7,9H,2-5H2,1H3;5-6,8H,1-4H2,(H,9,10);1H3;;1H/q;;;;;;-1;;. The number of aryl methyl sites for hydroxylation is 1. The number of amides is 2. The van der Waals surface area contributed by atoms with Gasteiger partial charge in [-0.2, -0.15) is 5.26 Å². The summed E-state index contributed by atoms with van der Waals surface area (Å²) >= 11 is 0. The molecule has 17 nitrogen and oxygen atoms in total. The maximum absolute atomic E-state index is 12.5. The molecular formula is C67H101N4O13Pd-. The monoisotopic (exact) mass is 1280 g/mol. The Morgan fingerprint density at radius 3 is 1.25 bits per heavy atom. The third kappa shape index (κ3) is 23.2. The van der Waals surface area contributed by atoms with Gasteiger partial charge in [0.1, 0.15) is 11.5 Å². The van der Waals surface area contributed by atoms with E-state index >= 15 is 0 Å². The second-order valence-electron chi connectivity index (χ2n) is 24.3. The molecule has 5 saturated carbocycles. The van der Waals surface area contributed by atoms with Crippen LogP contribution in [0.4, 0.5) is 0 Å². The first-order valence-electron chi connectivity index (χ1n) is 30.2. The zero-order valence-electron chi connectivity index (χ0n) is 51.8. The molecule has 7 aliphatic rings. The second-order valence-corrected chi connectivity index (χ2v) is 24.3. The molecular weight excluding hydrogens is 1180 g/mol. The molecule has 5 aliphatic carbocycles. The third-order valence-corrected chi connectivity index (χ3v) is 18.0. The van der Waals surface area contributed by atoms with Crippen LogP contribution in [-0.2, 0) is 73.5 Å². The Morgan fingerprint density at radius 1 is 0.553 bits per heavy atom. The van der Waals surface area contributed by atoms with Crippen LogP contribution >= 0.6 is 0 Å². The number of hydrogen-bond donors (Lipinski definition) is 5. The molecule has 5 N–H and O–H groups in total. The van der Waals surface area contributed by atoms with Gasteiger partial charge in [-0.25, -0.2) is 0 Å². The number of nitriles is 1. The van der Waals surface area contributed by atoms with Crippen LogP contribution in [0.2, 0.25) is 0 Å². The number of rotatable bonds is 11. The first kappa shape index (κ1) is 73.7. The SMILES string of the molecule is COC(=O)C1CCC(C)CC1.COC(=O)C1CCC(O)CC1.COc1ccc(CN2CC3(CCC(C)CC3)C2=O)cc1.COc1ccc(CN2CC3(CCC(O)CC3)C2=O)cc1.Cc1ccc(CNC#N)cc1.O=C(O)C1CCC(O)CC1.[CH3-].[HH].[Pd].